The molecule has 1 nitrogen and oxygen atoms in total. The van der Waals surface area contributed by atoms with Crippen molar-refractivity contribution in [2.24, 2.45) is 0 Å². The zero-order valence-electron chi connectivity index (χ0n) is 9.51. The standard InChI is InChI=1S/C14H18BrN/c15-14-6-2-4-12-10(3-1-5-13(12)14)9-16-11-7-8-11/h2,4,6,10-11,16H,1,3,5,7-9H2. The first-order chi connectivity index (χ1) is 7.84. The van der Waals surface area contributed by atoms with Crippen LogP contribution in [0.2, 0.25) is 0 Å². The van der Waals surface area contributed by atoms with Gasteiger partial charge in [-0.3, -0.25) is 0 Å². The minimum Gasteiger partial charge on any atom is -0.313 e. The average Bonchev–Trinajstić information content (AvgIpc) is 3.11. The second kappa shape index (κ2) is 4.50. The van der Waals surface area contributed by atoms with E-state index in [9.17, 15) is 0 Å². The zero-order valence-corrected chi connectivity index (χ0v) is 11.1. The Labute approximate surface area is 106 Å². The quantitative estimate of drug-likeness (QED) is 0.891. The zero-order chi connectivity index (χ0) is 11.0. The molecule has 0 saturated heterocycles. The minimum atomic E-state index is 0.738. The third-order valence-electron chi connectivity index (χ3n) is 3.80. The summed E-state index contributed by atoms with van der Waals surface area (Å²) in [5.41, 5.74) is 3.13. The van der Waals surface area contributed by atoms with Crippen molar-refractivity contribution >= 4 is 15.9 Å². The largest absolute Gasteiger partial charge is 0.313 e. The molecular formula is C14H18BrN. The number of halogens is 1. The third kappa shape index (κ3) is 2.18. The first kappa shape index (κ1) is 10.8. The smallest absolute Gasteiger partial charge is 0.0210 e. The average molecular weight is 280 g/mol. The molecule has 0 heterocycles. The van der Waals surface area contributed by atoms with Crippen molar-refractivity contribution in [2.45, 2.75) is 44.1 Å². The topological polar surface area (TPSA) is 12.0 Å². The second-order valence-electron chi connectivity index (χ2n) is 5.08. The van der Waals surface area contributed by atoms with Gasteiger partial charge in [0.1, 0.15) is 0 Å². The first-order valence-electron chi connectivity index (χ1n) is 6.35. The molecule has 1 fully saturated rings. The van der Waals surface area contributed by atoms with E-state index in [1.807, 2.05) is 0 Å². The lowest BCUT2D eigenvalue weighted by molar-refractivity contribution is 0.505. The predicted molar refractivity (Wildman–Crippen MR) is 70.8 cm³/mol. The van der Waals surface area contributed by atoms with Crippen LogP contribution in [0.5, 0.6) is 0 Å². The summed E-state index contributed by atoms with van der Waals surface area (Å²) in [7, 11) is 0. The highest BCUT2D eigenvalue weighted by atomic mass is 79.9. The number of hydrogen-bond donors (Lipinski definition) is 1. The van der Waals surface area contributed by atoms with Crippen molar-refractivity contribution in [3.05, 3.63) is 33.8 Å². The highest BCUT2D eigenvalue weighted by Crippen LogP contribution is 2.35. The van der Waals surface area contributed by atoms with Crippen molar-refractivity contribution in [3.8, 4) is 0 Å². The normalized spacial score (nSPS) is 24.2. The van der Waals surface area contributed by atoms with Crippen LogP contribution in [0.15, 0.2) is 22.7 Å². The summed E-state index contributed by atoms with van der Waals surface area (Å²) in [6.07, 6.45) is 6.71. The molecule has 2 aliphatic carbocycles. The van der Waals surface area contributed by atoms with Crippen LogP contribution in [0.1, 0.15) is 42.7 Å². The van der Waals surface area contributed by atoms with Crippen LogP contribution in [0.3, 0.4) is 0 Å². The van der Waals surface area contributed by atoms with Crippen molar-refractivity contribution in [1.29, 1.82) is 0 Å². The lowest BCUT2D eigenvalue weighted by Crippen LogP contribution is -2.26. The predicted octanol–water partition coefficient (Wildman–Crippen LogP) is 3.62. The van der Waals surface area contributed by atoms with Gasteiger partial charge in [-0.1, -0.05) is 28.1 Å². The molecule has 1 aromatic rings. The van der Waals surface area contributed by atoms with Gasteiger partial charge in [0.05, 0.1) is 0 Å². The summed E-state index contributed by atoms with van der Waals surface area (Å²) in [6, 6.07) is 7.50. The van der Waals surface area contributed by atoms with Gasteiger partial charge in [0, 0.05) is 17.1 Å². The molecule has 2 heteroatoms. The molecule has 1 atom stereocenters. The van der Waals surface area contributed by atoms with Gasteiger partial charge >= 0.3 is 0 Å². The molecule has 16 heavy (non-hydrogen) atoms. The van der Waals surface area contributed by atoms with E-state index >= 15 is 0 Å². The van der Waals surface area contributed by atoms with Gasteiger partial charge in [-0.2, -0.15) is 0 Å². The summed E-state index contributed by atoms with van der Waals surface area (Å²) < 4.78 is 1.31. The van der Waals surface area contributed by atoms with E-state index in [0.29, 0.717) is 0 Å². The lowest BCUT2D eigenvalue weighted by Gasteiger charge is -2.26. The maximum atomic E-state index is 3.68. The molecule has 1 aromatic carbocycles. The molecule has 1 saturated carbocycles. The fourth-order valence-corrected chi connectivity index (χ4v) is 3.29. The molecular weight excluding hydrogens is 262 g/mol. The Kier molecular flexibility index (Phi) is 3.03. The first-order valence-corrected chi connectivity index (χ1v) is 7.14. The molecule has 2 aliphatic rings. The van der Waals surface area contributed by atoms with Gasteiger partial charge in [0.15, 0.2) is 0 Å². The SMILES string of the molecule is Brc1cccc2c1CCCC2CNC1CC1. The Morgan fingerprint density at radius 3 is 2.94 bits per heavy atom. The summed E-state index contributed by atoms with van der Waals surface area (Å²) >= 11 is 3.68. The van der Waals surface area contributed by atoms with E-state index in [1.54, 1.807) is 11.1 Å². The molecule has 3 rings (SSSR count). The minimum absolute atomic E-state index is 0.738. The van der Waals surface area contributed by atoms with E-state index in [4.69, 9.17) is 0 Å². The third-order valence-corrected chi connectivity index (χ3v) is 4.55. The number of benzene rings is 1. The molecule has 1 N–H and O–H groups in total. The summed E-state index contributed by atoms with van der Waals surface area (Å²) in [6.45, 7) is 1.17. The fraction of sp³-hybridized carbons (Fsp3) is 0.571. The fourth-order valence-electron chi connectivity index (χ4n) is 2.71. The monoisotopic (exact) mass is 279 g/mol. The second-order valence-corrected chi connectivity index (χ2v) is 5.93. The highest BCUT2D eigenvalue weighted by molar-refractivity contribution is 9.10. The van der Waals surface area contributed by atoms with Gasteiger partial charge in [-0.05, 0) is 55.2 Å². The number of fused-ring (bicyclic) bond motifs is 1. The van der Waals surface area contributed by atoms with Crippen LogP contribution in [-0.4, -0.2) is 12.6 Å². The maximum absolute atomic E-state index is 3.68. The Balaban J connectivity index is 1.78. The van der Waals surface area contributed by atoms with Crippen LogP contribution < -0.4 is 5.32 Å². The van der Waals surface area contributed by atoms with Gasteiger partial charge in [-0.15, -0.1) is 0 Å². The maximum Gasteiger partial charge on any atom is 0.0210 e. The van der Waals surface area contributed by atoms with Gasteiger partial charge in [-0.25, -0.2) is 0 Å². The molecule has 0 aliphatic heterocycles. The Bertz CT molecular complexity index is 384. The number of nitrogens with one attached hydrogen (secondary N) is 1. The van der Waals surface area contributed by atoms with Gasteiger partial charge < -0.3 is 5.32 Å². The van der Waals surface area contributed by atoms with E-state index in [0.717, 1.165) is 12.0 Å². The molecule has 0 amide bonds. The van der Waals surface area contributed by atoms with E-state index in [-0.39, 0.29) is 0 Å². The number of rotatable bonds is 3. The molecule has 0 aromatic heterocycles. The van der Waals surface area contributed by atoms with E-state index in [2.05, 4.69) is 39.4 Å². The van der Waals surface area contributed by atoms with E-state index < -0.39 is 0 Å². The lowest BCUT2D eigenvalue weighted by atomic mass is 9.83. The Morgan fingerprint density at radius 1 is 1.25 bits per heavy atom. The molecule has 0 spiro atoms. The molecule has 0 radical (unpaired) electrons. The summed E-state index contributed by atoms with van der Waals surface area (Å²) in [5, 5.41) is 3.67. The van der Waals surface area contributed by atoms with Crippen LogP contribution in [0.4, 0.5) is 0 Å². The molecule has 1 unspecified atom stereocenters. The van der Waals surface area contributed by atoms with Crippen LogP contribution in [0, 0.1) is 0 Å². The summed E-state index contributed by atoms with van der Waals surface area (Å²) in [5.74, 6) is 0.738. The van der Waals surface area contributed by atoms with Gasteiger partial charge in [0.25, 0.3) is 0 Å². The Morgan fingerprint density at radius 2 is 2.12 bits per heavy atom. The van der Waals surface area contributed by atoms with Crippen molar-refractivity contribution in [1.82, 2.24) is 5.32 Å². The van der Waals surface area contributed by atoms with Crippen molar-refractivity contribution < 1.29 is 0 Å². The molecule has 86 valence electrons. The van der Waals surface area contributed by atoms with E-state index in [1.165, 1.54) is 43.1 Å². The van der Waals surface area contributed by atoms with Crippen LogP contribution in [0.25, 0.3) is 0 Å². The van der Waals surface area contributed by atoms with Crippen LogP contribution >= 0.6 is 15.9 Å². The molecule has 0 bridgehead atoms. The van der Waals surface area contributed by atoms with Crippen molar-refractivity contribution in [2.75, 3.05) is 6.54 Å². The highest BCUT2D eigenvalue weighted by Gasteiger charge is 2.25. The number of hydrogen-bond acceptors (Lipinski definition) is 1. The van der Waals surface area contributed by atoms with Crippen molar-refractivity contribution in [3.63, 3.8) is 0 Å². The van der Waals surface area contributed by atoms with Crippen LogP contribution in [-0.2, 0) is 6.42 Å². The van der Waals surface area contributed by atoms with Gasteiger partial charge in [0.2, 0.25) is 0 Å². The summed E-state index contributed by atoms with van der Waals surface area (Å²) in [4.78, 5) is 0. The Hall–Kier alpha value is -0.340.